The van der Waals surface area contributed by atoms with E-state index in [0.29, 0.717) is 18.4 Å². The summed E-state index contributed by atoms with van der Waals surface area (Å²) in [7, 11) is 1.79. The first-order chi connectivity index (χ1) is 16.2. The number of carbonyl (C=O) groups is 3. The van der Waals surface area contributed by atoms with Gasteiger partial charge in [-0.2, -0.15) is 5.10 Å². The number of fused-ring (bicyclic) bond motifs is 1. The Kier molecular flexibility index (Phi) is 6.91. The van der Waals surface area contributed by atoms with Crippen molar-refractivity contribution in [2.75, 3.05) is 0 Å². The summed E-state index contributed by atoms with van der Waals surface area (Å²) < 4.78 is 1.64. The van der Waals surface area contributed by atoms with Gasteiger partial charge in [-0.05, 0) is 48.1 Å². The summed E-state index contributed by atoms with van der Waals surface area (Å²) >= 11 is 0. The van der Waals surface area contributed by atoms with Crippen LogP contribution in [0.5, 0.6) is 0 Å². The van der Waals surface area contributed by atoms with Gasteiger partial charge in [0.2, 0.25) is 11.8 Å². The fourth-order valence-corrected chi connectivity index (χ4v) is 5.47. The molecule has 3 atom stereocenters. The van der Waals surface area contributed by atoms with Crippen LogP contribution in [0, 0.1) is 17.8 Å². The third-order valence-electron chi connectivity index (χ3n) is 6.94. The molecule has 0 unspecified atom stereocenters. The Morgan fingerprint density at radius 1 is 1.09 bits per heavy atom. The minimum absolute atomic E-state index is 0.0221. The molecule has 1 aromatic carbocycles. The number of carbonyl (C=O) groups excluding carboxylic acids is 3. The van der Waals surface area contributed by atoms with Crippen LogP contribution in [0.2, 0.25) is 0 Å². The molecular formula is C27H36N4O3. The number of rotatable bonds is 8. The number of benzene rings is 1. The molecule has 4 rings (SSSR count). The van der Waals surface area contributed by atoms with E-state index in [-0.39, 0.29) is 35.4 Å². The van der Waals surface area contributed by atoms with Crippen LogP contribution in [0.1, 0.15) is 63.3 Å². The molecule has 2 aliphatic rings. The van der Waals surface area contributed by atoms with E-state index < -0.39 is 18.1 Å². The average molecular weight is 465 g/mol. The minimum atomic E-state index is -0.815. The molecule has 7 nitrogen and oxygen atoms in total. The Bertz CT molecular complexity index is 1050. The fourth-order valence-electron chi connectivity index (χ4n) is 5.47. The Morgan fingerprint density at radius 3 is 2.26 bits per heavy atom. The number of aromatic nitrogens is 2. The zero-order chi connectivity index (χ0) is 24.6. The summed E-state index contributed by atoms with van der Waals surface area (Å²) in [5.41, 5.74) is 3.12. The molecule has 34 heavy (non-hydrogen) atoms. The second-order valence-electron chi connectivity index (χ2n) is 10.7. The normalized spacial score (nSPS) is 21.8. The van der Waals surface area contributed by atoms with Crippen LogP contribution in [0.4, 0.5) is 0 Å². The first-order valence-corrected chi connectivity index (χ1v) is 12.4. The molecule has 1 fully saturated rings. The summed E-state index contributed by atoms with van der Waals surface area (Å²) in [5, 5.41) is 7.33. The van der Waals surface area contributed by atoms with E-state index in [1.54, 1.807) is 29.0 Å². The van der Waals surface area contributed by atoms with E-state index in [1.165, 1.54) is 11.1 Å². The molecule has 1 aliphatic carbocycles. The van der Waals surface area contributed by atoms with Crippen LogP contribution in [0.3, 0.4) is 0 Å². The molecule has 182 valence electrons. The number of Topliss-reactive ketones (excluding diaryl/α,β-unsaturated/α-hetero) is 1. The van der Waals surface area contributed by atoms with Crippen molar-refractivity contribution >= 4 is 17.6 Å². The van der Waals surface area contributed by atoms with Crippen LogP contribution in [-0.4, -0.2) is 44.4 Å². The zero-order valence-electron chi connectivity index (χ0n) is 20.8. The third kappa shape index (κ3) is 4.79. The lowest BCUT2D eigenvalue weighted by molar-refractivity contribution is -0.157. The van der Waals surface area contributed by atoms with Crippen LogP contribution in [-0.2, 0) is 34.3 Å². The molecule has 1 aliphatic heterocycles. The highest BCUT2D eigenvalue weighted by molar-refractivity contribution is 6.00. The number of hydrogen-bond donors (Lipinski definition) is 1. The topological polar surface area (TPSA) is 84.3 Å². The van der Waals surface area contributed by atoms with Crippen molar-refractivity contribution in [1.29, 1.82) is 0 Å². The highest BCUT2D eigenvalue weighted by atomic mass is 16.2. The highest BCUT2D eigenvalue weighted by Gasteiger charge is 2.49. The molecule has 0 radical (unpaired) electrons. The lowest BCUT2D eigenvalue weighted by Crippen LogP contribution is -2.66. The van der Waals surface area contributed by atoms with E-state index in [0.717, 1.165) is 12.8 Å². The van der Waals surface area contributed by atoms with Crippen molar-refractivity contribution < 1.29 is 14.4 Å². The van der Waals surface area contributed by atoms with Gasteiger partial charge in [0.1, 0.15) is 18.1 Å². The Labute approximate surface area is 201 Å². The standard InChI is InChI=1S/C27H36N4O3/c1-16(2)10-22-26(33)29-24(20-12-18-8-6-7-9-19(18)13-20)27(34)31(22)25(23(32)11-17(3)4)21-14-28-30(5)15-21/h6-9,14-17,20,22,24-25H,10-13H2,1-5H3,(H,29,33)/t22-,24-,25-/m1/s1. The van der Waals surface area contributed by atoms with E-state index in [2.05, 4.69) is 22.5 Å². The second kappa shape index (κ2) is 9.72. The number of nitrogens with one attached hydrogen (secondary N) is 1. The van der Waals surface area contributed by atoms with Gasteiger partial charge in [0.25, 0.3) is 0 Å². The Morgan fingerprint density at radius 2 is 1.74 bits per heavy atom. The van der Waals surface area contributed by atoms with Crippen molar-refractivity contribution in [1.82, 2.24) is 20.0 Å². The molecule has 1 N–H and O–H groups in total. The Balaban J connectivity index is 1.73. The smallest absolute Gasteiger partial charge is 0.247 e. The SMILES string of the molecule is CC(C)CC(=O)[C@@H](c1cnn(C)c1)N1C(=O)[C@@H](C2Cc3ccccc3C2)NC(=O)[C@H]1CC(C)C. The van der Waals surface area contributed by atoms with E-state index in [4.69, 9.17) is 0 Å². The summed E-state index contributed by atoms with van der Waals surface area (Å²) in [6.45, 7) is 8.05. The van der Waals surface area contributed by atoms with Gasteiger partial charge in [0, 0.05) is 25.2 Å². The number of amides is 2. The van der Waals surface area contributed by atoms with Gasteiger partial charge in [-0.25, -0.2) is 0 Å². The first kappa shape index (κ1) is 24.2. The molecule has 2 heterocycles. The molecule has 0 saturated carbocycles. The molecular weight excluding hydrogens is 428 g/mol. The molecule has 0 bridgehead atoms. The average Bonchev–Trinajstić information content (AvgIpc) is 3.38. The lowest BCUT2D eigenvalue weighted by Gasteiger charge is -2.44. The third-order valence-corrected chi connectivity index (χ3v) is 6.94. The van der Waals surface area contributed by atoms with Crippen molar-refractivity contribution in [2.24, 2.45) is 24.8 Å². The molecule has 7 heteroatoms. The van der Waals surface area contributed by atoms with Crippen molar-refractivity contribution in [3.8, 4) is 0 Å². The van der Waals surface area contributed by atoms with Crippen LogP contribution < -0.4 is 5.32 Å². The molecule has 2 amide bonds. The maximum atomic E-state index is 14.1. The summed E-state index contributed by atoms with van der Waals surface area (Å²) in [4.78, 5) is 42.8. The second-order valence-corrected chi connectivity index (χ2v) is 10.7. The van der Waals surface area contributed by atoms with Gasteiger partial charge in [0.15, 0.2) is 5.78 Å². The fraction of sp³-hybridized carbons (Fsp3) is 0.556. The number of hydrogen-bond acceptors (Lipinski definition) is 4. The zero-order valence-corrected chi connectivity index (χ0v) is 20.8. The quantitative estimate of drug-likeness (QED) is 0.650. The van der Waals surface area contributed by atoms with Crippen molar-refractivity contribution in [3.05, 3.63) is 53.3 Å². The minimum Gasteiger partial charge on any atom is -0.342 e. The van der Waals surface area contributed by atoms with Gasteiger partial charge >= 0.3 is 0 Å². The predicted molar refractivity (Wildman–Crippen MR) is 130 cm³/mol. The van der Waals surface area contributed by atoms with Crippen LogP contribution in [0.25, 0.3) is 0 Å². The molecule has 0 spiro atoms. The lowest BCUT2D eigenvalue weighted by atomic mass is 9.86. The molecule has 1 aromatic heterocycles. The van der Waals surface area contributed by atoms with Gasteiger partial charge in [-0.15, -0.1) is 0 Å². The van der Waals surface area contributed by atoms with Gasteiger partial charge in [0.05, 0.1) is 6.20 Å². The number of nitrogens with zero attached hydrogens (tertiary/aromatic N) is 3. The van der Waals surface area contributed by atoms with Crippen molar-refractivity contribution in [3.63, 3.8) is 0 Å². The summed E-state index contributed by atoms with van der Waals surface area (Å²) in [5.74, 6) is -0.0639. The van der Waals surface area contributed by atoms with Gasteiger partial charge in [-0.1, -0.05) is 52.0 Å². The Hall–Kier alpha value is -2.96. The summed E-state index contributed by atoms with van der Waals surface area (Å²) in [6, 6.07) is 6.06. The first-order valence-electron chi connectivity index (χ1n) is 12.4. The maximum Gasteiger partial charge on any atom is 0.247 e. The predicted octanol–water partition coefficient (Wildman–Crippen LogP) is 3.23. The van der Waals surface area contributed by atoms with Crippen LogP contribution in [0.15, 0.2) is 36.7 Å². The monoisotopic (exact) mass is 464 g/mol. The molecule has 1 saturated heterocycles. The van der Waals surface area contributed by atoms with Crippen molar-refractivity contribution in [2.45, 2.75) is 71.5 Å². The maximum absolute atomic E-state index is 14.1. The van der Waals surface area contributed by atoms with Gasteiger partial charge in [-0.3, -0.25) is 19.1 Å². The van der Waals surface area contributed by atoms with E-state index >= 15 is 0 Å². The number of ketones is 1. The summed E-state index contributed by atoms with van der Waals surface area (Å²) in [6.07, 6.45) is 5.75. The van der Waals surface area contributed by atoms with Crippen LogP contribution >= 0.6 is 0 Å². The molecule has 2 aromatic rings. The highest BCUT2D eigenvalue weighted by Crippen LogP contribution is 2.36. The number of piperazine rings is 1. The number of aryl methyl sites for hydroxylation is 1. The van der Waals surface area contributed by atoms with Gasteiger partial charge < -0.3 is 10.2 Å². The van der Waals surface area contributed by atoms with E-state index in [1.807, 2.05) is 39.8 Å². The largest absolute Gasteiger partial charge is 0.342 e. The van der Waals surface area contributed by atoms with E-state index in [9.17, 15) is 14.4 Å².